The van der Waals surface area contributed by atoms with Gasteiger partial charge in [-0.15, -0.1) is 0 Å². The Morgan fingerprint density at radius 3 is 1.19 bits per heavy atom. The first-order chi connectivity index (χ1) is 12.4. The van der Waals surface area contributed by atoms with Crippen molar-refractivity contribution in [2.75, 3.05) is 0 Å². The fraction of sp³-hybridized carbons (Fsp3) is 0.280. The van der Waals surface area contributed by atoms with Crippen molar-refractivity contribution in [3.63, 3.8) is 0 Å². The van der Waals surface area contributed by atoms with E-state index in [9.17, 15) is 0 Å². The van der Waals surface area contributed by atoms with E-state index >= 15 is 0 Å². The topological polar surface area (TPSA) is 9.23 Å². The predicted octanol–water partition coefficient (Wildman–Crippen LogP) is 7.73. The maximum absolute atomic E-state index is 5.69. The van der Waals surface area contributed by atoms with Crippen LogP contribution < -0.4 is 4.74 Å². The molecule has 0 aliphatic rings. The molecule has 0 aliphatic carbocycles. The van der Waals surface area contributed by atoms with Gasteiger partial charge in [0.1, 0.15) is 11.5 Å². The summed E-state index contributed by atoms with van der Waals surface area (Å²) in [6.07, 6.45) is 0. The lowest BCUT2D eigenvalue weighted by molar-refractivity contribution is 0.482. The Labute approximate surface area is 159 Å². The molecule has 0 atom stereocenters. The number of benzene rings is 3. The van der Waals surface area contributed by atoms with Crippen LogP contribution in [0, 0.1) is 34.6 Å². The van der Waals surface area contributed by atoms with Crippen molar-refractivity contribution in [3.05, 3.63) is 94.5 Å². The zero-order chi connectivity index (χ0) is 19.5. The van der Waals surface area contributed by atoms with Gasteiger partial charge in [-0.05, 0) is 70.0 Å². The van der Waals surface area contributed by atoms with Crippen molar-refractivity contribution in [3.8, 4) is 11.5 Å². The lowest BCUT2D eigenvalue weighted by atomic mass is 10.1. The van der Waals surface area contributed by atoms with Gasteiger partial charge in [-0.2, -0.15) is 0 Å². The Morgan fingerprint density at radius 2 is 0.846 bits per heavy atom. The summed E-state index contributed by atoms with van der Waals surface area (Å²) in [4.78, 5) is 0. The second-order valence-electron chi connectivity index (χ2n) is 6.32. The molecule has 26 heavy (non-hydrogen) atoms. The van der Waals surface area contributed by atoms with Crippen molar-refractivity contribution in [2.24, 2.45) is 0 Å². The van der Waals surface area contributed by atoms with Crippen molar-refractivity contribution in [1.82, 2.24) is 0 Å². The monoisotopic (exact) mass is 348 g/mol. The van der Waals surface area contributed by atoms with Gasteiger partial charge in [0.25, 0.3) is 0 Å². The zero-order valence-electron chi connectivity index (χ0n) is 17.3. The van der Waals surface area contributed by atoms with E-state index in [1.807, 2.05) is 62.4 Å². The fourth-order valence-corrected chi connectivity index (χ4v) is 2.24. The van der Waals surface area contributed by atoms with E-state index in [0.717, 1.165) is 11.5 Å². The average Bonchev–Trinajstić information content (AvgIpc) is 2.65. The van der Waals surface area contributed by atoms with Gasteiger partial charge in [-0.3, -0.25) is 0 Å². The second-order valence-corrected chi connectivity index (χ2v) is 6.32. The Balaban J connectivity index is 0.000000263. The average molecular weight is 349 g/mol. The molecule has 0 amide bonds. The van der Waals surface area contributed by atoms with Crippen molar-refractivity contribution in [1.29, 1.82) is 0 Å². The minimum Gasteiger partial charge on any atom is -0.457 e. The van der Waals surface area contributed by atoms with Gasteiger partial charge in [0.05, 0.1) is 0 Å². The van der Waals surface area contributed by atoms with Crippen LogP contribution in [0.4, 0.5) is 0 Å². The lowest BCUT2D eigenvalue weighted by Crippen LogP contribution is -1.84. The van der Waals surface area contributed by atoms with E-state index in [0.29, 0.717) is 0 Å². The molecule has 1 nitrogen and oxygen atoms in total. The van der Waals surface area contributed by atoms with Crippen molar-refractivity contribution < 1.29 is 4.74 Å². The van der Waals surface area contributed by atoms with Crippen LogP contribution in [0.2, 0.25) is 0 Å². The molecule has 3 aromatic rings. The smallest absolute Gasteiger partial charge is 0.127 e. The van der Waals surface area contributed by atoms with Gasteiger partial charge in [0.2, 0.25) is 0 Å². The number of ether oxygens (including phenoxy) is 1. The molecule has 0 unspecified atom stereocenters. The van der Waals surface area contributed by atoms with E-state index in [2.05, 4.69) is 52.8 Å². The molecule has 0 radical (unpaired) electrons. The number of aryl methyl sites for hydroxylation is 5. The highest BCUT2D eigenvalue weighted by atomic mass is 16.5. The minimum atomic E-state index is 0.879. The van der Waals surface area contributed by atoms with E-state index in [1.165, 1.54) is 27.8 Å². The summed E-state index contributed by atoms with van der Waals surface area (Å²) in [5.74, 6) is 1.76. The molecule has 0 N–H and O–H groups in total. The SMILES string of the molecule is CC.Cc1ccc(C)c(C)c1.Cc1ccc(Oc2ccc(C)cc2)cc1. The number of hydrogen-bond donors (Lipinski definition) is 0. The van der Waals surface area contributed by atoms with Crippen molar-refractivity contribution in [2.45, 2.75) is 48.5 Å². The Morgan fingerprint density at radius 1 is 0.462 bits per heavy atom. The van der Waals surface area contributed by atoms with Crippen LogP contribution in [0.3, 0.4) is 0 Å². The van der Waals surface area contributed by atoms with E-state index < -0.39 is 0 Å². The van der Waals surface area contributed by atoms with Crippen LogP contribution in [0.15, 0.2) is 66.7 Å². The summed E-state index contributed by atoms with van der Waals surface area (Å²) in [6, 6.07) is 22.6. The third-order valence-electron chi connectivity index (χ3n) is 3.94. The molecular weight excluding hydrogens is 316 g/mol. The summed E-state index contributed by atoms with van der Waals surface area (Å²) < 4.78 is 5.69. The summed E-state index contributed by atoms with van der Waals surface area (Å²) in [7, 11) is 0. The molecule has 1 heteroatoms. The molecule has 0 bridgehead atoms. The largest absolute Gasteiger partial charge is 0.457 e. The van der Waals surface area contributed by atoms with Crippen LogP contribution in [-0.2, 0) is 0 Å². The minimum absolute atomic E-state index is 0.879. The van der Waals surface area contributed by atoms with E-state index in [4.69, 9.17) is 4.74 Å². The molecule has 0 aliphatic heterocycles. The Kier molecular flexibility index (Phi) is 9.22. The van der Waals surface area contributed by atoms with Gasteiger partial charge < -0.3 is 4.74 Å². The van der Waals surface area contributed by atoms with Crippen LogP contribution >= 0.6 is 0 Å². The van der Waals surface area contributed by atoms with Gasteiger partial charge in [-0.1, -0.05) is 73.0 Å². The Hall–Kier alpha value is -2.54. The van der Waals surface area contributed by atoms with Gasteiger partial charge in [0.15, 0.2) is 0 Å². The summed E-state index contributed by atoms with van der Waals surface area (Å²) >= 11 is 0. The van der Waals surface area contributed by atoms with Crippen LogP contribution in [0.25, 0.3) is 0 Å². The number of hydrogen-bond acceptors (Lipinski definition) is 1. The molecule has 0 heterocycles. The van der Waals surface area contributed by atoms with E-state index in [1.54, 1.807) is 0 Å². The quantitative estimate of drug-likeness (QED) is 0.460. The van der Waals surface area contributed by atoms with Crippen LogP contribution in [0.5, 0.6) is 11.5 Å². The first-order valence-electron chi connectivity index (χ1n) is 9.29. The van der Waals surface area contributed by atoms with E-state index in [-0.39, 0.29) is 0 Å². The summed E-state index contributed by atoms with van der Waals surface area (Å²) in [5, 5.41) is 0. The molecule has 138 valence electrons. The summed E-state index contributed by atoms with van der Waals surface area (Å²) in [6.45, 7) is 14.5. The molecule has 3 aromatic carbocycles. The van der Waals surface area contributed by atoms with Gasteiger partial charge >= 0.3 is 0 Å². The fourth-order valence-electron chi connectivity index (χ4n) is 2.24. The molecule has 0 aromatic heterocycles. The number of rotatable bonds is 2. The molecule has 0 fully saturated rings. The third-order valence-corrected chi connectivity index (χ3v) is 3.94. The standard InChI is InChI=1S/C14H14O.C9H12.C2H6/c1-11-3-7-13(8-4-11)15-14-9-5-12(2)6-10-14;1-7-4-5-8(2)9(3)6-7;1-2/h3-10H,1-2H3;4-6H,1-3H3;1-2H3. The lowest BCUT2D eigenvalue weighted by Gasteiger charge is -2.05. The second kappa shape index (κ2) is 11.1. The molecule has 0 saturated heterocycles. The van der Waals surface area contributed by atoms with Crippen molar-refractivity contribution >= 4 is 0 Å². The highest BCUT2D eigenvalue weighted by Crippen LogP contribution is 2.21. The molecule has 3 rings (SSSR count). The maximum Gasteiger partial charge on any atom is 0.127 e. The Bertz CT molecular complexity index is 725. The molecule has 0 saturated carbocycles. The highest BCUT2D eigenvalue weighted by Gasteiger charge is 1.95. The molecular formula is C25H32O. The molecule has 0 spiro atoms. The first-order valence-corrected chi connectivity index (χ1v) is 9.29. The van der Waals surface area contributed by atoms with Crippen LogP contribution in [-0.4, -0.2) is 0 Å². The maximum atomic E-state index is 5.69. The highest BCUT2D eigenvalue weighted by molar-refractivity contribution is 5.34. The van der Waals surface area contributed by atoms with Gasteiger partial charge in [0, 0.05) is 0 Å². The van der Waals surface area contributed by atoms with Gasteiger partial charge in [-0.25, -0.2) is 0 Å². The third kappa shape index (κ3) is 7.57. The zero-order valence-corrected chi connectivity index (χ0v) is 17.3. The first kappa shape index (κ1) is 21.5. The summed E-state index contributed by atoms with van der Waals surface area (Å²) in [5.41, 5.74) is 6.59. The van der Waals surface area contributed by atoms with Crippen LogP contribution in [0.1, 0.15) is 41.7 Å². The predicted molar refractivity (Wildman–Crippen MR) is 114 cm³/mol. The normalized spacial score (nSPS) is 9.35.